The third kappa shape index (κ3) is 4.37. The minimum absolute atomic E-state index is 0.249. The van der Waals surface area contributed by atoms with Crippen LogP contribution in [-0.4, -0.2) is 26.5 Å². The summed E-state index contributed by atoms with van der Waals surface area (Å²) in [4.78, 5) is 26.1. The predicted octanol–water partition coefficient (Wildman–Crippen LogP) is 5.29. The number of ketones is 1. The van der Waals surface area contributed by atoms with E-state index in [0.29, 0.717) is 11.3 Å². The van der Waals surface area contributed by atoms with Crippen molar-refractivity contribution >= 4 is 17.4 Å². The Kier molecular flexibility index (Phi) is 5.99. The van der Waals surface area contributed by atoms with Crippen LogP contribution < -0.4 is 5.32 Å². The molecule has 0 bridgehead atoms. The number of aryl methyl sites for hydroxylation is 1. The molecule has 0 fully saturated rings. The van der Waals surface area contributed by atoms with Crippen molar-refractivity contribution in [2.24, 2.45) is 0 Å². The first-order chi connectivity index (χ1) is 16.6. The summed E-state index contributed by atoms with van der Waals surface area (Å²) in [5.41, 5.74) is 2.28. The fourth-order valence-corrected chi connectivity index (χ4v) is 4.27. The molecular weight excluding hydrogens is 431 g/mol. The number of nitrogens with one attached hydrogen (secondary N) is 1. The minimum Gasteiger partial charge on any atom is -0.322 e. The molecule has 1 aromatic heterocycles. The van der Waals surface area contributed by atoms with Gasteiger partial charge in [0.15, 0.2) is 11.6 Å². The summed E-state index contributed by atoms with van der Waals surface area (Å²) in [5.74, 6) is 0.621. The molecule has 4 aromatic rings. The molecule has 34 heavy (non-hydrogen) atoms. The molecular formula is C27H23FN4O2. The van der Waals surface area contributed by atoms with Gasteiger partial charge in [-0.2, -0.15) is 0 Å². The number of benzene rings is 3. The van der Waals surface area contributed by atoms with Gasteiger partial charge in [0.2, 0.25) is 0 Å². The third-order valence-electron chi connectivity index (χ3n) is 6.01. The molecule has 6 nitrogen and oxygen atoms in total. The quantitative estimate of drug-likeness (QED) is 0.416. The van der Waals surface area contributed by atoms with E-state index >= 15 is 0 Å². The summed E-state index contributed by atoms with van der Waals surface area (Å²) >= 11 is 0. The van der Waals surface area contributed by atoms with Crippen LogP contribution in [0.2, 0.25) is 0 Å². The predicted molar refractivity (Wildman–Crippen MR) is 127 cm³/mol. The second-order valence-corrected chi connectivity index (χ2v) is 8.32. The van der Waals surface area contributed by atoms with Crippen molar-refractivity contribution < 1.29 is 14.0 Å². The van der Waals surface area contributed by atoms with E-state index in [1.54, 1.807) is 30.3 Å². The van der Waals surface area contributed by atoms with Gasteiger partial charge >= 0.3 is 0 Å². The molecule has 5 rings (SSSR count). The van der Waals surface area contributed by atoms with Gasteiger partial charge in [-0.25, -0.2) is 4.39 Å². The van der Waals surface area contributed by atoms with Gasteiger partial charge in [0.05, 0.1) is 5.56 Å². The first-order valence-electron chi connectivity index (χ1n) is 11.3. The molecule has 0 spiro atoms. The average molecular weight is 455 g/mol. The summed E-state index contributed by atoms with van der Waals surface area (Å²) < 4.78 is 15.4. The fourth-order valence-electron chi connectivity index (χ4n) is 4.27. The zero-order valence-electron chi connectivity index (χ0n) is 18.5. The van der Waals surface area contributed by atoms with Crippen LogP contribution in [0.3, 0.4) is 0 Å². The number of halogens is 1. The van der Waals surface area contributed by atoms with E-state index in [2.05, 4.69) is 20.1 Å². The lowest BCUT2D eigenvalue weighted by atomic mass is 9.98. The lowest BCUT2D eigenvalue weighted by molar-refractivity contribution is 0.0996. The van der Waals surface area contributed by atoms with E-state index in [9.17, 15) is 14.0 Å². The normalized spacial score (nSPS) is 13.1. The van der Waals surface area contributed by atoms with Crippen molar-refractivity contribution in [2.75, 3.05) is 5.32 Å². The highest BCUT2D eigenvalue weighted by Crippen LogP contribution is 2.25. The number of anilines is 1. The lowest BCUT2D eigenvalue weighted by Crippen LogP contribution is -2.17. The van der Waals surface area contributed by atoms with Crippen LogP contribution in [0.15, 0.2) is 72.8 Å². The van der Waals surface area contributed by atoms with Crippen molar-refractivity contribution in [1.82, 2.24) is 14.8 Å². The Balaban J connectivity index is 1.41. The van der Waals surface area contributed by atoms with Crippen molar-refractivity contribution in [3.05, 3.63) is 101 Å². The Morgan fingerprint density at radius 1 is 0.853 bits per heavy atom. The molecule has 0 saturated heterocycles. The molecule has 0 atom stereocenters. The molecule has 1 amide bonds. The van der Waals surface area contributed by atoms with Crippen LogP contribution in [-0.2, 0) is 13.0 Å². The summed E-state index contributed by atoms with van der Waals surface area (Å²) in [7, 11) is 0. The van der Waals surface area contributed by atoms with Gasteiger partial charge in [0.25, 0.3) is 5.91 Å². The molecule has 0 unspecified atom stereocenters. The standard InChI is InChI=1S/C27H23FN4O2/c28-20-14-12-18(13-15-20)25(33)22-9-3-4-10-23(22)27(34)29-21-8-6-7-19(17-21)26-31-30-24-11-2-1-5-16-32(24)26/h3-4,6-10,12-15,17H,1-2,5,11,16H2,(H,29,34). The van der Waals surface area contributed by atoms with E-state index in [4.69, 9.17) is 0 Å². The van der Waals surface area contributed by atoms with Gasteiger partial charge in [0, 0.05) is 35.3 Å². The molecule has 0 aliphatic carbocycles. The van der Waals surface area contributed by atoms with Gasteiger partial charge in [-0.1, -0.05) is 36.8 Å². The summed E-state index contributed by atoms with van der Waals surface area (Å²) in [6, 6.07) is 19.4. The number of carbonyl (C=O) groups excluding carboxylic acids is 2. The van der Waals surface area contributed by atoms with Crippen molar-refractivity contribution in [3.8, 4) is 11.4 Å². The Hall–Kier alpha value is -4.13. The molecule has 0 saturated carbocycles. The van der Waals surface area contributed by atoms with Gasteiger partial charge in [-0.3, -0.25) is 9.59 Å². The number of hydrogen-bond acceptors (Lipinski definition) is 4. The summed E-state index contributed by atoms with van der Waals surface area (Å²) in [6.45, 7) is 0.882. The van der Waals surface area contributed by atoms with Gasteiger partial charge in [0.1, 0.15) is 11.6 Å². The SMILES string of the molecule is O=C(Nc1cccc(-c2nnc3n2CCCCC3)c1)c1ccccc1C(=O)c1ccc(F)cc1. The number of nitrogens with zero attached hydrogens (tertiary/aromatic N) is 3. The fraction of sp³-hybridized carbons (Fsp3) is 0.185. The number of carbonyl (C=O) groups is 2. The zero-order chi connectivity index (χ0) is 23.5. The van der Waals surface area contributed by atoms with E-state index in [0.717, 1.165) is 43.0 Å². The van der Waals surface area contributed by atoms with Crippen molar-refractivity contribution in [2.45, 2.75) is 32.2 Å². The van der Waals surface area contributed by atoms with E-state index in [1.165, 1.54) is 30.7 Å². The highest BCUT2D eigenvalue weighted by Gasteiger charge is 2.20. The van der Waals surface area contributed by atoms with Crippen LogP contribution in [0, 0.1) is 5.82 Å². The van der Waals surface area contributed by atoms with Crippen LogP contribution >= 0.6 is 0 Å². The summed E-state index contributed by atoms with van der Waals surface area (Å²) in [6.07, 6.45) is 4.30. The largest absolute Gasteiger partial charge is 0.322 e. The smallest absolute Gasteiger partial charge is 0.256 e. The van der Waals surface area contributed by atoms with Crippen molar-refractivity contribution in [1.29, 1.82) is 0 Å². The first kappa shape index (κ1) is 21.7. The van der Waals surface area contributed by atoms with E-state index < -0.39 is 11.7 Å². The summed E-state index contributed by atoms with van der Waals surface area (Å²) in [5, 5.41) is 11.7. The average Bonchev–Trinajstić information content (AvgIpc) is 3.12. The molecule has 1 aliphatic rings. The molecule has 1 aliphatic heterocycles. The van der Waals surface area contributed by atoms with Crippen LogP contribution in [0.25, 0.3) is 11.4 Å². The van der Waals surface area contributed by atoms with E-state index in [-0.39, 0.29) is 16.9 Å². The molecule has 3 aromatic carbocycles. The molecule has 170 valence electrons. The van der Waals surface area contributed by atoms with Gasteiger partial charge in [-0.05, 0) is 55.3 Å². The van der Waals surface area contributed by atoms with Crippen LogP contribution in [0.4, 0.5) is 10.1 Å². The lowest BCUT2D eigenvalue weighted by Gasteiger charge is -2.11. The highest BCUT2D eigenvalue weighted by molar-refractivity contribution is 6.17. The highest BCUT2D eigenvalue weighted by atomic mass is 19.1. The second-order valence-electron chi connectivity index (χ2n) is 8.32. The van der Waals surface area contributed by atoms with Crippen molar-refractivity contribution in [3.63, 3.8) is 0 Å². The maximum absolute atomic E-state index is 13.3. The topological polar surface area (TPSA) is 76.9 Å². The molecule has 0 radical (unpaired) electrons. The maximum atomic E-state index is 13.3. The van der Waals surface area contributed by atoms with E-state index in [1.807, 2.05) is 18.2 Å². The number of rotatable bonds is 5. The molecule has 1 N–H and O–H groups in total. The Labute approximate surface area is 196 Å². The molecule has 2 heterocycles. The number of amides is 1. The Morgan fingerprint density at radius 2 is 1.65 bits per heavy atom. The van der Waals surface area contributed by atoms with Crippen LogP contribution in [0.1, 0.15) is 51.4 Å². The van der Waals surface area contributed by atoms with Gasteiger partial charge in [-0.15, -0.1) is 10.2 Å². The maximum Gasteiger partial charge on any atom is 0.256 e. The first-order valence-corrected chi connectivity index (χ1v) is 11.3. The third-order valence-corrected chi connectivity index (χ3v) is 6.01. The zero-order valence-corrected chi connectivity index (χ0v) is 18.5. The number of aromatic nitrogens is 3. The van der Waals surface area contributed by atoms with Crippen LogP contribution in [0.5, 0.6) is 0 Å². The van der Waals surface area contributed by atoms with Gasteiger partial charge < -0.3 is 9.88 Å². The number of hydrogen-bond donors (Lipinski definition) is 1. The number of fused-ring (bicyclic) bond motifs is 1. The Morgan fingerprint density at radius 3 is 2.47 bits per heavy atom. The monoisotopic (exact) mass is 454 g/mol. The molecule has 7 heteroatoms. The Bertz CT molecular complexity index is 1360. The second kappa shape index (κ2) is 9.39. The minimum atomic E-state index is -0.424.